The molecule has 0 spiro atoms. The number of piperazine rings is 1. The number of aryl methyl sites for hydroxylation is 1. The fraction of sp³-hybridized carbons (Fsp3) is 0.350. The molecule has 0 bridgehead atoms. The fourth-order valence-corrected chi connectivity index (χ4v) is 4.32. The number of benzene rings is 1. The highest BCUT2D eigenvalue weighted by atomic mass is 35.5. The van der Waals surface area contributed by atoms with E-state index in [2.05, 4.69) is 9.88 Å². The molecule has 5 nitrogen and oxygen atoms in total. The Morgan fingerprint density at radius 3 is 2.57 bits per heavy atom. The molecule has 158 valence electrons. The van der Waals surface area contributed by atoms with E-state index < -0.39 is 17.3 Å². The summed E-state index contributed by atoms with van der Waals surface area (Å²) in [5.74, 6) is -0.286. The standard InChI is InChI=1S/C20H18ClF3N4OS/c1-13-9-17(20(22,23)24)16(11-25)19(26-13)30-12-18(29)28-7-5-27(6-8-28)15-4-2-3-14(21)10-15/h2-4,9-10H,5-8,12H2,1H3. The normalized spacial score (nSPS) is 14.5. The van der Waals surface area contributed by atoms with Crippen LogP contribution in [0.1, 0.15) is 16.8 Å². The van der Waals surface area contributed by atoms with E-state index >= 15 is 0 Å². The maximum atomic E-state index is 13.2. The molecule has 0 atom stereocenters. The van der Waals surface area contributed by atoms with Crippen LogP contribution >= 0.6 is 23.4 Å². The quantitative estimate of drug-likeness (QED) is 0.642. The van der Waals surface area contributed by atoms with Gasteiger partial charge in [0.25, 0.3) is 0 Å². The second-order valence-electron chi connectivity index (χ2n) is 6.74. The summed E-state index contributed by atoms with van der Waals surface area (Å²) in [6, 6.07) is 9.90. The molecule has 2 aromatic rings. The molecule has 1 aliphatic rings. The first kappa shape index (κ1) is 22.2. The first-order valence-electron chi connectivity index (χ1n) is 9.09. The number of nitriles is 1. The Hall–Kier alpha value is -2.44. The number of nitrogens with zero attached hydrogens (tertiary/aromatic N) is 4. The van der Waals surface area contributed by atoms with Crippen LogP contribution in [0.4, 0.5) is 18.9 Å². The van der Waals surface area contributed by atoms with E-state index in [0.29, 0.717) is 31.2 Å². The zero-order chi connectivity index (χ0) is 21.9. The number of carbonyl (C=O) groups excluding carboxylic acids is 1. The number of rotatable bonds is 4. The van der Waals surface area contributed by atoms with Crippen molar-refractivity contribution in [3.05, 3.63) is 52.2 Å². The number of thioether (sulfide) groups is 1. The van der Waals surface area contributed by atoms with E-state index in [1.54, 1.807) is 17.0 Å². The number of pyridine rings is 1. The molecule has 0 saturated carbocycles. The number of halogens is 4. The van der Waals surface area contributed by atoms with Crippen molar-refractivity contribution >= 4 is 35.0 Å². The van der Waals surface area contributed by atoms with Gasteiger partial charge >= 0.3 is 6.18 Å². The third kappa shape index (κ3) is 5.18. The van der Waals surface area contributed by atoms with E-state index in [4.69, 9.17) is 11.6 Å². The van der Waals surface area contributed by atoms with Gasteiger partial charge in [-0.3, -0.25) is 4.79 Å². The van der Waals surface area contributed by atoms with Crippen LogP contribution in [0.15, 0.2) is 35.4 Å². The van der Waals surface area contributed by atoms with E-state index in [-0.39, 0.29) is 22.4 Å². The lowest BCUT2D eigenvalue weighted by atomic mass is 10.1. The minimum atomic E-state index is -4.66. The molecule has 10 heteroatoms. The van der Waals surface area contributed by atoms with Gasteiger partial charge < -0.3 is 9.80 Å². The lowest BCUT2D eigenvalue weighted by Crippen LogP contribution is -2.49. The van der Waals surface area contributed by atoms with Crippen LogP contribution < -0.4 is 4.90 Å². The molecule has 1 aromatic carbocycles. The van der Waals surface area contributed by atoms with Crippen LogP contribution in [0, 0.1) is 18.3 Å². The Bertz CT molecular complexity index is 985. The minimum Gasteiger partial charge on any atom is -0.368 e. The SMILES string of the molecule is Cc1cc(C(F)(F)F)c(C#N)c(SCC(=O)N2CCN(c3cccc(Cl)c3)CC2)n1. The van der Waals surface area contributed by atoms with Gasteiger partial charge in [-0.2, -0.15) is 18.4 Å². The Morgan fingerprint density at radius 2 is 1.97 bits per heavy atom. The summed E-state index contributed by atoms with van der Waals surface area (Å²) < 4.78 is 39.6. The van der Waals surface area contributed by atoms with Crippen LogP contribution in [0.3, 0.4) is 0 Å². The molecule has 1 fully saturated rings. The van der Waals surface area contributed by atoms with Crippen molar-refractivity contribution in [3.63, 3.8) is 0 Å². The van der Waals surface area contributed by atoms with Gasteiger partial charge in [0, 0.05) is 42.6 Å². The summed E-state index contributed by atoms with van der Waals surface area (Å²) in [5.41, 5.74) is -0.447. The van der Waals surface area contributed by atoms with Gasteiger partial charge in [0.15, 0.2) is 0 Å². The van der Waals surface area contributed by atoms with E-state index in [1.807, 2.05) is 18.2 Å². The highest BCUT2D eigenvalue weighted by Crippen LogP contribution is 2.36. The number of anilines is 1. The average Bonchev–Trinajstić information content (AvgIpc) is 2.71. The van der Waals surface area contributed by atoms with Crippen molar-refractivity contribution in [2.75, 3.05) is 36.8 Å². The number of hydrogen-bond acceptors (Lipinski definition) is 5. The second kappa shape index (κ2) is 9.14. The Morgan fingerprint density at radius 1 is 1.27 bits per heavy atom. The number of hydrogen-bond donors (Lipinski definition) is 0. The zero-order valence-corrected chi connectivity index (χ0v) is 17.6. The van der Waals surface area contributed by atoms with Gasteiger partial charge in [-0.25, -0.2) is 4.98 Å². The first-order chi connectivity index (χ1) is 14.2. The predicted molar refractivity (Wildman–Crippen MR) is 110 cm³/mol. The molecular formula is C20H18ClF3N4OS. The number of carbonyl (C=O) groups is 1. The van der Waals surface area contributed by atoms with E-state index in [0.717, 1.165) is 23.5 Å². The van der Waals surface area contributed by atoms with Gasteiger partial charge in [0.2, 0.25) is 5.91 Å². The third-order valence-electron chi connectivity index (χ3n) is 4.67. The summed E-state index contributed by atoms with van der Waals surface area (Å²) in [6.07, 6.45) is -4.66. The van der Waals surface area contributed by atoms with E-state index in [1.165, 1.54) is 6.92 Å². The molecule has 1 aromatic heterocycles. The lowest BCUT2D eigenvalue weighted by Gasteiger charge is -2.36. The Kier molecular flexibility index (Phi) is 6.78. The average molecular weight is 455 g/mol. The third-order valence-corrected chi connectivity index (χ3v) is 5.86. The topological polar surface area (TPSA) is 60.2 Å². The van der Waals surface area contributed by atoms with Crippen molar-refractivity contribution in [1.82, 2.24) is 9.88 Å². The highest BCUT2D eigenvalue weighted by Gasteiger charge is 2.35. The smallest absolute Gasteiger partial charge is 0.368 e. The molecule has 0 aliphatic carbocycles. The monoisotopic (exact) mass is 454 g/mol. The summed E-state index contributed by atoms with van der Waals surface area (Å²) in [4.78, 5) is 20.4. The molecular weight excluding hydrogens is 437 g/mol. The molecule has 0 unspecified atom stereocenters. The fourth-order valence-electron chi connectivity index (χ4n) is 3.19. The van der Waals surface area contributed by atoms with Crippen molar-refractivity contribution < 1.29 is 18.0 Å². The summed E-state index contributed by atoms with van der Waals surface area (Å²) in [7, 11) is 0. The summed E-state index contributed by atoms with van der Waals surface area (Å²) in [6.45, 7) is 3.66. The Balaban J connectivity index is 1.63. The molecule has 1 aliphatic heterocycles. The summed E-state index contributed by atoms with van der Waals surface area (Å²) in [5, 5.41) is 9.78. The van der Waals surface area contributed by atoms with Gasteiger partial charge in [-0.05, 0) is 31.2 Å². The number of amides is 1. The maximum absolute atomic E-state index is 13.2. The van der Waals surface area contributed by atoms with Gasteiger partial charge in [-0.15, -0.1) is 0 Å². The number of aromatic nitrogens is 1. The van der Waals surface area contributed by atoms with Crippen molar-refractivity contribution in [2.24, 2.45) is 0 Å². The Labute approximate surface area is 181 Å². The summed E-state index contributed by atoms with van der Waals surface area (Å²) >= 11 is 6.89. The molecule has 1 amide bonds. The zero-order valence-electron chi connectivity index (χ0n) is 16.0. The van der Waals surface area contributed by atoms with Crippen LogP contribution in [-0.2, 0) is 11.0 Å². The van der Waals surface area contributed by atoms with Crippen molar-refractivity contribution in [1.29, 1.82) is 5.26 Å². The predicted octanol–water partition coefficient (Wildman–Crippen LogP) is 4.37. The molecule has 0 radical (unpaired) electrons. The van der Waals surface area contributed by atoms with Crippen LogP contribution in [-0.4, -0.2) is 47.7 Å². The molecule has 2 heterocycles. The van der Waals surface area contributed by atoms with E-state index in [9.17, 15) is 23.2 Å². The molecule has 30 heavy (non-hydrogen) atoms. The van der Waals surface area contributed by atoms with Gasteiger partial charge in [0.1, 0.15) is 11.1 Å². The van der Waals surface area contributed by atoms with Gasteiger partial charge in [0.05, 0.1) is 16.9 Å². The second-order valence-corrected chi connectivity index (χ2v) is 8.14. The van der Waals surface area contributed by atoms with Crippen molar-refractivity contribution in [3.8, 4) is 6.07 Å². The van der Waals surface area contributed by atoms with Crippen LogP contribution in [0.2, 0.25) is 5.02 Å². The van der Waals surface area contributed by atoms with Gasteiger partial charge in [-0.1, -0.05) is 29.4 Å². The largest absolute Gasteiger partial charge is 0.417 e. The first-order valence-corrected chi connectivity index (χ1v) is 10.5. The minimum absolute atomic E-state index is 0.0734. The van der Waals surface area contributed by atoms with Crippen LogP contribution in [0.25, 0.3) is 0 Å². The number of alkyl halides is 3. The van der Waals surface area contributed by atoms with Crippen molar-refractivity contribution in [2.45, 2.75) is 18.1 Å². The van der Waals surface area contributed by atoms with Crippen LogP contribution in [0.5, 0.6) is 0 Å². The molecule has 1 saturated heterocycles. The lowest BCUT2D eigenvalue weighted by molar-refractivity contribution is -0.138. The molecule has 3 rings (SSSR count). The molecule has 0 N–H and O–H groups in total. The highest BCUT2D eigenvalue weighted by molar-refractivity contribution is 8.00. The maximum Gasteiger partial charge on any atom is 0.417 e.